The van der Waals surface area contributed by atoms with Crippen molar-refractivity contribution in [2.75, 3.05) is 19.6 Å². The van der Waals surface area contributed by atoms with Crippen molar-refractivity contribution >= 4 is 11.9 Å². The molecule has 8 nitrogen and oxygen atoms in total. The summed E-state index contributed by atoms with van der Waals surface area (Å²) in [5.74, 6) is -0.908. The third kappa shape index (κ3) is 10.2. The van der Waals surface area contributed by atoms with Gasteiger partial charge in [0.25, 0.3) is 0 Å². The largest absolute Gasteiger partial charge is 0.481 e. The first-order chi connectivity index (χ1) is 22.5. The lowest BCUT2D eigenvalue weighted by molar-refractivity contribution is -0.253. The van der Waals surface area contributed by atoms with Crippen LogP contribution in [0.1, 0.15) is 98.9 Å². The number of unbranched alkanes of at least 4 members (excludes halogenated alkanes) is 1. The van der Waals surface area contributed by atoms with Gasteiger partial charge in [-0.05, 0) is 78.7 Å². The molecule has 2 aliphatic heterocycles. The van der Waals surface area contributed by atoms with Gasteiger partial charge in [-0.1, -0.05) is 79.9 Å². The highest BCUT2D eigenvalue weighted by molar-refractivity contribution is 5.76. The number of hydrogen-bond acceptors (Lipinski definition) is 6. The number of aliphatic hydroxyl groups is 1. The van der Waals surface area contributed by atoms with Crippen LogP contribution in [0.5, 0.6) is 0 Å². The molecule has 0 aliphatic carbocycles. The molecule has 0 spiro atoms. The summed E-state index contributed by atoms with van der Waals surface area (Å²) in [6.45, 7) is 3.54. The maximum Gasteiger partial charge on any atom is 0.303 e. The third-order valence-corrected chi connectivity index (χ3v) is 8.98. The topological polar surface area (TPSA) is 108 Å². The molecule has 5 rings (SSSR count). The molecule has 0 saturated carbocycles. The Labute approximate surface area is 272 Å². The molecule has 0 radical (unpaired) electrons. The lowest BCUT2D eigenvalue weighted by Gasteiger charge is -2.39. The zero-order chi connectivity index (χ0) is 32.1. The van der Waals surface area contributed by atoms with Gasteiger partial charge in [-0.25, -0.2) is 0 Å². The fourth-order valence-electron chi connectivity index (χ4n) is 6.39. The number of carbonyl (C=O) groups is 2. The van der Waals surface area contributed by atoms with Gasteiger partial charge < -0.3 is 29.9 Å². The summed E-state index contributed by atoms with van der Waals surface area (Å²) in [7, 11) is 0. The minimum absolute atomic E-state index is 0.0179. The molecule has 46 heavy (non-hydrogen) atoms. The highest BCUT2D eigenvalue weighted by Gasteiger charge is 2.33. The molecular weight excluding hydrogens is 580 g/mol. The predicted octanol–water partition coefficient (Wildman–Crippen LogP) is 6.92. The predicted molar refractivity (Wildman–Crippen MR) is 178 cm³/mol. The zero-order valence-corrected chi connectivity index (χ0v) is 26.7. The number of benzene rings is 3. The Morgan fingerprint density at radius 3 is 2.22 bits per heavy atom. The summed E-state index contributed by atoms with van der Waals surface area (Å²) in [6.07, 6.45) is 8.02. The van der Waals surface area contributed by atoms with Crippen molar-refractivity contribution in [3.63, 3.8) is 0 Å². The number of hydrogen-bond donors (Lipinski definition) is 3. The average molecular weight is 629 g/mol. The number of carboxylic acids is 1. The van der Waals surface area contributed by atoms with Gasteiger partial charge in [0, 0.05) is 37.9 Å². The second kappa shape index (κ2) is 17.4. The standard InChI is InChI=1S/C38H48N2O6/c41-27-28-16-18-30(19-17-28)35-24-34(26-40-20-6-2-1-3-7-21-40)45-38(46-35)33-13-9-12-32(23-33)31-11-8-10-29(22-31)25-39-36(42)14-4-5-15-37(43)44/h8-13,16-19,22-23,34-35,38,41H,1-7,14-15,20-21,24-27H2,(H,39,42)(H,43,44)/t34-,35+,38+/m0/s1. The van der Waals surface area contributed by atoms with E-state index in [1.54, 1.807) is 0 Å². The molecule has 3 aromatic carbocycles. The monoisotopic (exact) mass is 628 g/mol. The average Bonchev–Trinajstić information content (AvgIpc) is 3.07. The Bertz CT molecular complexity index is 1400. The van der Waals surface area contributed by atoms with Crippen molar-refractivity contribution in [1.29, 1.82) is 0 Å². The molecule has 2 saturated heterocycles. The summed E-state index contributed by atoms with van der Waals surface area (Å²) < 4.78 is 13.3. The molecule has 2 heterocycles. The zero-order valence-electron chi connectivity index (χ0n) is 26.7. The Hall–Kier alpha value is -3.56. The van der Waals surface area contributed by atoms with E-state index >= 15 is 0 Å². The maximum absolute atomic E-state index is 12.3. The smallest absolute Gasteiger partial charge is 0.303 e. The molecule has 2 fully saturated rings. The van der Waals surface area contributed by atoms with Crippen LogP contribution in [-0.2, 0) is 32.2 Å². The van der Waals surface area contributed by atoms with Crippen LogP contribution in [0.25, 0.3) is 11.1 Å². The number of carboxylic acid groups (broad SMARTS) is 1. The Balaban J connectivity index is 1.28. The third-order valence-electron chi connectivity index (χ3n) is 8.98. The number of aliphatic hydroxyl groups excluding tert-OH is 1. The van der Waals surface area contributed by atoms with Crippen LogP contribution in [0.2, 0.25) is 0 Å². The summed E-state index contributed by atoms with van der Waals surface area (Å²) in [4.78, 5) is 25.5. The van der Waals surface area contributed by atoms with E-state index in [9.17, 15) is 14.7 Å². The first kappa shape index (κ1) is 33.8. The quantitative estimate of drug-likeness (QED) is 0.176. The van der Waals surface area contributed by atoms with E-state index in [2.05, 4.69) is 52.7 Å². The van der Waals surface area contributed by atoms with E-state index < -0.39 is 12.3 Å². The molecule has 3 aromatic rings. The van der Waals surface area contributed by atoms with Crippen molar-refractivity contribution in [2.24, 2.45) is 0 Å². The molecule has 3 atom stereocenters. The number of nitrogens with zero attached hydrogens (tertiary/aromatic N) is 1. The van der Waals surface area contributed by atoms with Crippen molar-refractivity contribution in [1.82, 2.24) is 10.2 Å². The van der Waals surface area contributed by atoms with Crippen LogP contribution in [-0.4, -0.2) is 52.7 Å². The maximum atomic E-state index is 12.3. The van der Waals surface area contributed by atoms with E-state index in [0.29, 0.717) is 25.8 Å². The van der Waals surface area contributed by atoms with Crippen LogP contribution < -0.4 is 5.32 Å². The van der Waals surface area contributed by atoms with E-state index in [4.69, 9.17) is 14.6 Å². The van der Waals surface area contributed by atoms with Crippen molar-refractivity contribution in [3.8, 4) is 11.1 Å². The summed E-state index contributed by atoms with van der Waals surface area (Å²) in [6, 6.07) is 24.5. The van der Waals surface area contributed by atoms with Gasteiger partial charge in [0.05, 0.1) is 18.8 Å². The Kier molecular flexibility index (Phi) is 12.8. The normalized spacial score (nSPS) is 20.8. The molecule has 2 aliphatic rings. The van der Waals surface area contributed by atoms with Gasteiger partial charge in [0.15, 0.2) is 6.29 Å². The minimum Gasteiger partial charge on any atom is -0.481 e. The molecule has 1 amide bonds. The van der Waals surface area contributed by atoms with Crippen molar-refractivity contribution in [3.05, 3.63) is 95.1 Å². The SMILES string of the molecule is O=C(O)CCCCC(=O)NCc1cccc(-c2cccc([C@@H]3O[C@H](CN4CCCCCCC4)C[C@H](c4ccc(CO)cc4)O3)c2)c1. The molecular formula is C38H48N2O6. The van der Waals surface area contributed by atoms with Crippen LogP contribution in [0.3, 0.4) is 0 Å². The van der Waals surface area contributed by atoms with E-state index in [1.165, 1.54) is 32.1 Å². The number of nitrogens with one attached hydrogen (secondary N) is 1. The van der Waals surface area contributed by atoms with Gasteiger partial charge in [-0.3, -0.25) is 9.59 Å². The van der Waals surface area contributed by atoms with Gasteiger partial charge in [-0.15, -0.1) is 0 Å². The van der Waals surface area contributed by atoms with E-state index in [-0.39, 0.29) is 31.1 Å². The number of aliphatic carboxylic acids is 1. The minimum atomic E-state index is -0.834. The second-order valence-electron chi connectivity index (χ2n) is 12.6. The van der Waals surface area contributed by atoms with Crippen molar-refractivity contribution in [2.45, 2.75) is 95.9 Å². The van der Waals surface area contributed by atoms with Crippen LogP contribution >= 0.6 is 0 Å². The lowest BCUT2D eigenvalue weighted by Crippen LogP contribution is -2.40. The molecule has 0 aromatic heterocycles. The molecule has 0 unspecified atom stereocenters. The fourth-order valence-corrected chi connectivity index (χ4v) is 6.39. The van der Waals surface area contributed by atoms with Gasteiger partial charge in [0.2, 0.25) is 5.91 Å². The number of likely N-dealkylation sites (tertiary alicyclic amines) is 1. The Morgan fingerprint density at radius 1 is 0.783 bits per heavy atom. The molecule has 8 heteroatoms. The number of carbonyl (C=O) groups excluding carboxylic acids is 1. The summed E-state index contributed by atoms with van der Waals surface area (Å²) in [5.41, 5.74) is 6.02. The fraction of sp³-hybridized carbons (Fsp3) is 0.474. The summed E-state index contributed by atoms with van der Waals surface area (Å²) >= 11 is 0. The molecule has 3 N–H and O–H groups in total. The second-order valence-corrected chi connectivity index (χ2v) is 12.6. The first-order valence-corrected chi connectivity index (χ1v) is 16.9. The summed E-state index contributed by atoms with van der Waals surface area (Å²) in [5, 5.41) is 21.3. The molecule has 0 bridgehead atoms. The van der Waals surface area contributed by atoms with Gasteiger partial charge in [0.1, 0.15) is 0 Å². The van der Waals surface area contributed by atoms with Crippen molar-refractivity contribution < 1.29 is 29.3 Å². The van der Waals surface area contributed by atoms with Crippen LogP contribution in [0.4, 0.5) is 0 Å². The Morgan fingerprint density at radius 2 is 1.48 bits per heavy atom. The number of ether oxygens (including phenoxy) is 2. The first-order valence-electron chi connectivity index (χ1n) is 16.9. The highest BCUT2D eigenvalue weighted by atomic mass is 16.7. The number of rotatable bonds is 13. The van der Waals surface area contributed by atoms with Gasteiger partial charge >= 0.3 is 5.97 Å². The van der Waals surface area contributed by atoms with Crippen LogP contribution in [0, 0.1) is 0 Å². The highest BCUT2D eigenvalue weighted by Crippen LogP contribution is 2.39. The van der Waals surface area contributed by atoms with E-state index in [1.807, 2.05) is 30.3 Å². The molecule has 246 valence electrons. The van der Waals surface area contributed by atoms with Crippen LogP contribution in [0.15, 0.2) is 72.8 Å². The lowest BCUT2D eigenvalue weighted by atomic mass is 9.98. The van der Waals surface area contributed by atoms with E-state index in [0.717, 1.165) is 59.4 Å². The number of amides is 1. The van der Waals surface area contributed by atoms with Gasteiger partial charge in [-0.2, -0.15) is 0 Å².